The Kier molecular flexibility index (Phi) is 6.88. The molecule has 0 aromatic carbocycles. The van der Waals surface area contributed by atoms with Crippen LogP contribution in [0.3, 0.4) is 0 Å². The van der Waals surface area contributed by atoms with Crippen molar-refractivity contribution in [3.05, 3.63) is 47.5 Å². The van der Waals surface area contributed by atoms with Gasteiger partial charge in [0.15, 0.2) is 6.61 Å². The number of likely N-dealkylation sites (N-methyl/N-ethyl adjacent to an activating group) is 1. The fourth-order valence-electron chi connectivity index (χ4n) is 2.92. The van der Waals surface area contributed by atoms with Crippen molar-refractivity contribution >= 4 is 16.8 Å². The molecule has 10 heteroatoms. The minimum absolute atomic E-state index is 0.186. The van der Waals surface area contributed by atoms with E-state index < -0.39 is 13.0 Å². The lowest BCUT2D eigenvalue weighted by molar-refractivity contribution is 0.0792. The fraction of sp³-hybridized carbons (Fsp3) is 0.400. The number of carbonyl (C=O) groups excluding carboxylic acids is 1. The van der Waals surface area contributed by atoms with Gasteiger partial charge in [0, 0.05) is 37.2 Å². The van der Waals surface area contributed by atoms with Crippen LogP contribution in [0.15, 0.2) is 30.7 Å². The highest BCUT2D eigenvalue weighted by Gasteiger charge is 2.15. The summed E-state index contributed by atoms with van der Waals surface area (Å²) < 4.78 is 31.3. The Labute approximate surface area is 172 Å². The van der Waals surface area contributed by atoms with Crippen LogP contribution in [-0.2, 0) is 6.54 Å². The first-order chi connectivity index (χ1) is 14.3. The summed E-state index contributed by atoms with van der Waals surface area (Å²) in [5.41, 5.74) is 2.47. The zero-order valence-corrected chi connectivity index (χ0v) is 17.1. The molecule has 3 rings (SSSR count). The van der Waals surface area contributed by atoms with Crippen molar-refractivity contribution in [2.24, 2.45) is 0 Å². The Hall–Kier alpha value is -3.14. The number of nitrogens with one attached hydrogen (secondary N) is 1. The van der Waals surface area contributed by atoms with Gasteiger partial charge in [0.1, 0.15) is 5.69 Å². The summed E-state index contributed by atoms with van der Waals surface area (Å²) in [7, 11) is 3.87. The molecule has 0 radical (unpaired) electrons. The number of aromatic nitrogens is 4. The van der Waals surface area contributed by atoms with Crippen LogP contribution >= 0.6 is 0 Å². The second-order valence-corrected chi connectivity index (χ2v) is 7.15. The van der Waals surface area contributed by atoms with E-state index in [1.165, 1.54) is 0 Å². The van der Waals surface area contributed by atoms with Crippen LogP contribution < -0.4 is 10.1 Å². The number of halogens is 2. The summed E-state index contributed by atoms with van der Waals surface area (Å²) in [6.45, 7) is 2.70. The number of amides is 1. The number of rotatable bonds is 9. The molecule has 0 fully saturated rings. The second kappa shape index (κ2) is 9.57. The first-order valence-electron chi connectivity index (χ1n) is 9.45. The van der Waals surface area contributed by atoms with Crippen molar-refractivity contribution in [1.29, 1.82) is 0 Å². The van der Waals surface area contributed by atoms with Gasteiger partial charge >= 0.3 is 0 Å². The molecular weight excluding hydrogens is 394 g/mol. The van der Waals surface area contributed by atoms with Crippen molar-refractivity contribution in [1.82, 2.24) is 30.0 Å². The molecule has 0 saturated heterocycles. The number of alkyl halides is 2. The lowest BCUT2D eigenvalue weighted by atomic mass is 10.2. The molecule has 0 aliphatic rings. The van der Waals surface area contributed by atoms with Gasteiger partial charge in [-0.25, -0.2) is 13.8 Å². The summed E-state index contributed by atoms with van der Waals surface area (Å²) in [5.74, 6) is -0.0643. The first kappa shape index (κ1) is 21.6. The lowest BCUT2D eigenvalue weighted by Gasteiger charge is -2.10. The van der Waals surface area contributed by atoms with Crippen LogP contribution in [0.4, 0.5) is 8.78 Å². The fourth-order valence-corrected chi connectivity index (χ4v) is 2.92. The summed E-state index contributed by atoms with van der Waals surface area (Å²) in [6, 6.07) is 3.56. The third kappa shape index (κ3) is 5.47. The standard InChI is InChI=1S/C20H24F2N6O2/c1-13-8-14(9-25-20(13)30-12-17(21)22)10-28-11-15-16(26-28)4-5-23-18(15)19(29)24-6-7-27(2)3/h4-5,8-9,11,17H,6-7,10,12H2,1-3H3,(H,24,29). The monoisotopic (exact) mass is 418 g/mol. The van der Waals surface area contributed by atoms with Crippen molar-refractivity contribution in [2.45, 2.75) is 19.9 Å². The average Bonchev–Trinajstić information content (AvgIpc) is 3.09. The highest BCUT2D eigenvalue weighted by Crippen LogP contribution is 2.19. The molecule has 160 valence electrons. The maximum absolute atomic E-state index is 12.5. The van der Waals surface area contributed by atoms with E-state index in [4.69, 9.17) is 4.74 Å². The number of hydrogen-bond acceptors (Lipinski definition) is 6. The Morgan fingerprint density at radius 1 is 1.33 bits per heavy atom. The molecule has 0 aliphatic heterocycles. The molecule has 3 aromatic rings. The smallest absolute Gasteiger partial charge is 0.272 e. The SMILES string of the molecule is Cc1cc(Cn2cc3c(C(=O)NCCN(C)C)nccc3n2)cnc1OCC(F)F. The van der Waals surface area contributed by atoms with E-state index in [1.54, 1.807) is 36.3 Å². The van der Waals surface area contributed by atoms with Gasteiger partial charge in [-0.15, -0.1) is 0 Å². The number of hydrogen-bond donors (Lipinski definition) is 1. The predicted octanol–water partition coefficient (Wildman–Crippen LogP) is 2.12. The highest BCUT2D eigenvalue weighted by atomic mass is 19.3. The molecule has 0 spiro atoms. The van der Waals surface area contributed by atoms with Gasteiger partial charge in [-0.2, -0.15) is 5.10 Å². The number of aryl methyl sites for hydroxylation is 1. The van der Waals surface area contributed by atoms with E-state index in [9.17, 15) is 13.6 Å². The summed E-state index contributed by atoms with van der Waals surface area (Å²) in [6.07, 6.45) is 2.33. The predicted molar refractivity (Wildman–Crippen MR) is 108 cm³/mol. The van der Waals surface area contributed by atoms with Gasteiger partial charge in [0.2, 0.25) is 5.88 Å². The van der Waals surface area contributed by atoms with Crippen LogP contribution in [-0.4, -0.2) is 70.8 Å². The molecule has 0 atom stereocenters. The number of fused-ring (bicyclic) bond motifs is 1. The zero-order chi connectivity index (χ0) is 21.7. The van der Waals surface area contributed by atoms with Crippen molar-refractivity contribution in [3.63, 3.8) is 0 Å². The van der Waals surface area contributed by atoms with Crippen LogP contribution in [0.1, 0.15) is 21.6 Å². The topological polar surface area (TPSA) is 85.2 Å². The van der Waals surface area contributed by atoms with Crippen LogP contribution in [0.25, 0.3) is 10.9 Å². The summed E-state index contributed by atoms with van der Waals surface area (Å²) >= 11 is 0. The molecule has 3 aromatic heterocycles. The van der Waals surface area contributed by atoms with E-state index in [2.05, 4.69) is 20.4 Å². The molecule has 3 heterocycles. The number of nitrogens with zero attached hydrogens (tertiary/aromatic N) is 5. The molecule has 1 N–H and O–H groups in total. The Balaban J connectivity index is 1.74. The molecule has 0 bridgehead atoms. The van der Waals surface area contributed by atoms with Crippen molar-refractivity contribution < 1.29 is 18.3 Å². The minimum atomic E-state index is -2.55. The Bertz CT molecular complexity index is 1020. The molecule has 1 amide bonds. The molecule has 0 aliphatic carbocycles. The minimum Gasteiger partial charge on any atom is -0.471 e. The van der Waals surface area contributed by atoms with Crippen LogP contribution in [0.2, 0.25) is 0 Å². The van der Waals surface area contributed by atoms with Gasteiger partial charge in [-0.3, -0.25) is 14.5 Å². The normalized spacial score (nSPS) is 11.4. The largest absolute Gasteiger partial charge is 0.471 e. The number of pyridine rings is 2. The zero-order valence-electron chi connectivity index (χ0n) is 17.1. The average molecular weight is 418 g/mol. The van der Waals surface area contributed by atoms with Gasteiger partial charge in [-0.1, -0.05) is 0 Å². The maximum Gasteiger partial charge on any atom is 0.272 e. The van der Waals surface area contributed by atoms with Crippen LogP contribution in [0.5, 0.6) is 5.88 Å². The summed E-state index contributed by atoms with van der Waals surface area (Å²) in [5, 5.41) is 8.01. The lowest BCUT2D eigenvalue weighted by Crippen LogP contribution is -2.31. The molecule has 30 heavy (non-hydrogen) atoms. The van der Waals surface area contributed by atoms with Gasteiger partial charge in [0.05, 0.1) is 17.4 Å². The van der Waals surface area contributed by atoms with E-state index in [1.807, 2.05) is 25.1 Å². The molecule has 0 saturated carbocycles. The second-order valence-electron chi connectivity index (χ2n) is 7.15. The molecule has 0 unspecified atom stereocenters. The van der Waals surface area contributed by atoms with Crippen LogP contribution in [0, 0.1) is 6.92 Å². The Morgan fingerprint density at radius 3 is 2.83 bits per heavy atom. The van der Waals surface area contributed by atoms with E-state index in [0.29, 0.717) is 35.2 Å². The van der Waals surface area contributed by atoms with Gasteiger partial charge in [-0.05, 0) is 38.7 Å². The van der Waals surface area contributed by atoms with Gasteiger partial charge in [0.25, 0.3) is 12.3 Å². The molecule has 8 nitrogen and oxygen atoms in total. The summed E-state index contributed by atoms with van der Waals surface area (Å²) in [4.78, 5) is 22.8. The van der Waals surface area contributed by atoms with Crippen molar-refractivity contribution in [2.75, 3.05) is 33.8 Å². The third-order valence-corrected chi connectivity index (χ3v) is 4.32. The van der Waals surface area contributed by atoms with E-state index in [-0.39, 0.29) is 11.8 Å². The van der Waals surface area contributed by atoms with Gasteiger partial charge < -0.3 is 15.0 Å². The highest BCUT2D eigenvalue weighted by molar-refractivity contribution is 6.04. The third-order valence-electron chi connectivity index (χ3n) is 4.32. The van der Waals surface area contributed by atoms with E-state index >= 15 is 0 Å². The molecular formula is C20H24F2N6O2. The first-order valence-corrected chi connectivity index (χ1v) is 9.45. The number of carbonyl (C=O) groups is 1. The van der Waals surface area contributed by atoms with Crippen molar-refractivity contribution in [3.8, 4) is 5.88 Å². The van der Waals surface area contributed by atoms with E-state index in [0.717, 1.165) is 12.1 Å². The number of ether oxygens (including phenoxy) is 1. The Morgan fingerprint density at radius 2 is 2.13 bits per heavy atom. The maximum atomic E-state index is 12.5. The quantitative estimate of drug-likeness (QED) is 0.573.